The summed E-state index contributed by atoms with van der Waals surface area (Å²) in [5.74, 6) is 2.97. The van der Waals surface area contributed by atoms with Gasteiger partial charge >= 0.3 is 0 Å². The fourth-order valence-corrected chi connectivity index (χ4v) is 4.85. The molecule has 1 rings (SSSR count). The largest absolute Gasteiger partial charge is 0.353 e. The number of nitrogens with zero attached hydrogens (tertiary/aromatic N) is 1. The lowest BCUT2D eigenvalue weighted by Crippen LogP contribution is -2.50. The maximum absolute atomic E-state index is 12.8. The van der Waals surface area contributed by atoms with Crippen LogP contribution < -0.4 is 10.6 Å². The molecule has 2 N–H and O–H groups in total. The number of thioether (sulfide) groups is 1. The van der Waals surface area contributed by atoms with Crippen LogP contribution in [0.2, 0.25) is 0 Å². The number of hydrogen-bond donors (Lipinski definition) is 2. The summed E-state index contributed by atoms with van der Waals surface area (Å²) in [7, 11) is 0. The van der Waals surface area contributed by atoms with Gasteiger partial charge in [-0.05, 0) is 61.9 Å². The monoisotopic (exact) mass is 441 g/mol. The van der Waals surface area contributed by atoms with Gasteiger partial charge in [0, 0.05) is 32.1 Å². The molecule has 0 unspecified atom stereocenters. The van der Waals surface area contributed by atoms with Gasteiger partial charge < -0.3 is 15.5 Å². The van der Waals surface area contributed by atoms with Crippen molar-refractivity contribution in [1.29, 1.82) is 0 Å². The lowest BCUT2D eigenvalue weighted by molar-refractivity contribution is -0.132. The van der Waals surface area contributed by atoms with E-state index in [0.717, 1.165) is 57.0 Å². The molecule has 1 aliphatic rings. The maximum Gasteiger partial charge on any atom is 0.242 e. The molecule has 5 nitrogen and oxygen atoms in total. The van der Waals surface area contributed by atoms with E-state index in [2.05, 4.69) is 50.2 Å². The van der Waals surface area contributed by atoms with Crippen LogP contribution in [0.25, 0.3) is 0 Å². The summed E-state index contributed by atoms with van der Waals surface area (Å²) in [5, 5.41) is 6.17. The van der Waals surface area contributed by atoms with Crippen LogP contribution in [0.1, 0.15) is 73.1 Å². The molecule has 1 atom stereocenters. The summed E-state index contributed by atoms with van der Waals surface area (Å²) in [5.41, 5.74) is 0. The van der Waals surface area contributed by atoms with Crippen molar-refractivity contribution in [3.8, 4) is 0 Å². The van der Waals surface area contributed by atoms with Crippen LogP contribution in [0.4, 0.5) is 0 Å². The smallest absolute Gasteiger partial charge is 0.242 e. The summed E-state index contributed by atoms with van der Waals surface area (Å²) in [4.78, 5) is 28.1. The number of hydrogen-bond acceptors (Lipinski definition) is 4. The van der Waals surface area contributed by atoms with Gasteiger partial charge in [-0.1, -0.05) is 41.0 Å². The Hall–Kier alpha value is -0.750. The minimum absolute atomic E-state index is 0.0336. The van der Waals surface area contributed by atoms with Gasteiger partial charge in [0.25, 0.3) is 0 Å². The van der Waals surface area contributed by atoms with Crippen molar-refractivity contribution in [3.63, 3.8) is 0 Å². The molecular weight excluding hydrogens is 394 g/mol. The molecule has 0 aromatic rings. The zero-order valence-corrected chi connectivity index (χ0v) is 21.2. The second kappa shape index (κ2) is 15.1. The van der Waals surface area contributed by atoms with E-state index >= 15 is 0 Å². The predicted molar refractivity (Wildman–Crippen MR) is 130 cm³/mol. The van der Waals surface area contributed by atoms with Crippen molar-refractivity contribution in [2.24, 2.45) is 23.7 Å². The zero-order valence-electron chi connectivity index (χ0n) is 20.3. The van der Waals surface area contributed by atoms with E-state index in [0.29, 0.717) is 24.8 Å². The third-order valence-electron chi connectivity index (χ3n) is 6.01. The van der Waals surface area contributed by atoms with Crippen LogP contribution in [-0.4, -0.2) is 60.9 Å². The summed E-state index contributed by atoms with van der Waals surface area (Å²) < 4.78 is 0. The second-order valence-corrected chi connectivity index (χ2v) is 10.8. The second-order valence-electron chi connectivity index (χ2n) is 9.81. The molecule has 0 bridgehead atoms. The Morgan fingerprint density at radius 1 is 1.03 bits per heavy atom. The van der Waals surface area contributed by atoms with Gasteiger partial charge in [0.15, 0.2) is 0 Å². The predicted octanol–water partition coefficient (Wildman–Crippen LogP) is 4.17. The van der Waals surface area contributed by atoms with Crippen molar-refractivity contribution in [2.45, 2.75) is 79.2 Å². The van der Waals surface area contributed by atoms with E-state index in [1.165, 1.54) is 6.42 Å². The summed E-state index contributed by atoms with van der Waals surface area (Å²) in [6.45, 7) is 14.7. The van der Waals surface area contributed by atoms with E-state index in [1.807, 2.05) is 6.26 Å². The minimum atomic E-state index is -0.419. The van der Waals surface area contributed by atoms with Crippen LogP contribution in [0.3, 0.4) is 0 Å². The number of nitrogens with one attached hydrogen (secondary N) is 2. The summed E-state index contributed by atoms with van der Waals surface area (Å²) in [6.07, 6.45) is 8.12. The number of amides is 2. The van der Waals surface area contributed by atoms with Gasteiger partial charge in [-0.15, -0.1) is 0 Å². The average molecular weight is 442 g/mol. The zero-order chi connectivity index (χ0) is 22.5. The topological polar surface area (TPSA) is 61.4 Å². The van der Waals surface area contributed by atoms with Gasteiger partial charge in [-0.2, -0.15) is 11.8 Å². The molecule has 1 aliphatic carbocycles. The molecule has 176 valence electrons. The summed E-state index contributed by atoms with van der Waals surface area (Å²) >= 11 is 1.72. The van der Waals surface area contributed by atoms with Crippen LogP contribution in [-0.2, 0) is 9.59 Å². The van der Waals surface area contributed by atoms with Crippen LogP contribution in [0.15, 0.2) is 0 Å². The Kier molecular flexibility index (Phi) is 13.7. The number of carbonyl (C=O) groups excluding carboxylic acids is 2. The van der Waals surface area contributed by atoms with Gasteiger partial charge in [-0.3, -0.25) is 9.59 Å². The van der Waals surface area contributed by atoms with Crippen LogP contribution in [0, 0.1) is 23.7 Å². The quantitative estimate of drug-likeness (QED) is 0.425. The molecule has 30 heavy (non-hydrogen) atoms. The maximum atomic E-state index is 12.8. The average Bonchev–Trinajstić information content (AvgIpc) is 2.69. The van der Waals surface area contributed by atoms with Gasteiger partial charge in [0.1, 0.15) is 6.04 Å². The molecule has 0 aliphatic heterocycles. The highest BCUT2D eigenvalue weighted by molar-refractivity contribution is 7.98. The summed E-state index contributed by atoms with van der Waals surface area (Å²) in [6, 6.07) is -0.419. The lowest BCUT2D eigenvalue weighted by Gasteiger charge is -2.29. The Balaban J connectivity index is 2.53. The Morgan fingerprint density at radius 2 is 1.63 bits per heavy atom. The van der Waals surface area contributed by atoms with E-state index < -0.39 is 6.04 Å². The molecule has 2 amide bonds. The Morgan fingerprint density at radius 3 is 2.13 bits per heavy atom. The van der Waals surface area contributed by atoms with Crippen molar-refractivity contribution in [2.75, 3.05) is 38.2 Å². The molecule has 1 saturated carbocycles. The first kappa shape index (κ1) is 27.3. The first-order valence-corrected chi connectivity index (χ1v) is 13.4. The van der Waals surface area contributed by atoms with Gasteiger partial charge in [0.05, 0.1) is 0 Å². The third kappa shape index (κ3) is 11.0. The molecule has 0 aromatic heterocycles. The highest BCUT2D eigenvalue weighted by Gasteiger charge is 2.28. The lowest BCUT2D eigenvalue weighted by atomic mass is 9.80. The molecule has 0 aromatic carbocycles. The SMILES string of the molecule is CCC1CCC(C(=O)N[C@@H](CCSC)C(=O)NCCN(CC(C)C)CC(C)C)CC1. The van der Waals surface area contributed by atoms with Crippen molar-refractivity contribution in [3.05, 3.63) is 0 Å². The fraction of sp³-hybridized carbons (Fsp3) is 0.917. The first-order chi connectivity index (χ1) is 14.3. The Labute approximate surface area is 189 Å². The highest BCUT2D eigenvalue weighted by Crippen LogP contribution is 2.30. The molecule has 0 radical (unpaired) electrons. The van der Waals surface area contributed by atoms with Crippen LogP contribution in [0.5, 0.6) is 0 Å². The molecule has 0 saturated heterocycles. The van der Waals surface area contributed by atoms with Crippen molar-refractivity contribution < 1.29 is 9.59 Å². The van der Waals surface area contributed by atoms with Gasteiger partial charge in [-0.25, -0.2) is 0 Å². The highest BCUT2D eigenvalue weighted by atomic mass is 32.2. The van der Waals surface area contributed by atoms with Crippen molar-refractivity contribution in [1.82, 2.24) is 15.5 Å². The van der Waals surface area contributed by atoms with Crippen LogP contribution >= 0.6 is 11.8 Å². The number of rotatable bonds is 14. The molecular formula is C24H47N3O2S. The van der Waals surface area contributed by atoms with Gasteiger partial charge in [0.2, 0.25) is 11.8 Å². The van der Waals surface area contributed by atoms with E-state index in [-0.39, 0.29) is 17.7 Å². The molecule has 6 heteroatoms. The fourth-order valence-electron chi connectivity index (χ4n) is 4.38. The molecule has 0 spiro atoms. The van der Waals surface area contributed by atoms with E-state index in [9.17, 15) is 9.59 Å². The first-order valence-electron chi connectivity index (χ1n) is 12.1. The van der Waals surface area contributed by atoms with Crippen molar-refractivity contribution >= 4 is 23.6 Å². The Bertz CT molecular complexity index is 481. The minimum Gasteiger partial charge on any atom is -0.353 e. The van der Waals surface area contributed by atoms with E-state index in [1.54, 1.807) is 11.8 Å². The third-order valence-corrected chi connectivity index (χ3v) is 6.66. The molecule has 1 fully saturated rings. The normalized spacial score (nSPS) is 20.6. The molecule has 0 heterocycles. The van der Waals surface area contributed by atoms with E-state index in [4.69, 9.17) is 0 Å². The standard InChI is InChI=1S/C24H47N3O2S/c1-7-20-8-10-21(11-9-20)23(28)26-22(12-15-30-6)24(29)25-13-14-27(16-18(2)3)17-19(4)5/h18-22H,7-17H2,1-6H3,(H,25,29)(H,26,28)/t20?,21?,22-/m0/s1. The number of carbonyl (C=O) groups is 2.